The Morgan fingerprint density at radius 3 is 1.80 bits per heavy atom. The zero-order valence-corrected chi connectivity index (χ0v) is 21.8. The molecule has 40 heavy (non-hydrogen) atoms. The van der Waals surface area contributed by atoms with E-state index < -0.39 is 18.3 Å². The van der Waals surface area contributed by atoms with Gasteiger partial charge in [0.25, 0.3) is 0 Å². The Hall–Kier alpha value is -3.46. The fourth-order valence-electron chi connectivity index (χ4n) is 7.99. The molecule has 4 aromatic heterocycles. The van der Waals surface area contributed by atoms with Crippen LogP contribution in [0.3, 0.4) is 0 Å². The molecule has 0 aromatic carbocycles. The highest BCUT2D eigenvalue weighted by Gasteiger charge is 2.51. The number of hydrogen-bond donors (Lipinski definition) is 6. The van der Waals surface area contributed by atoms with E-state index in [0.717, 1.165) is 38.5 Å². The van der Waals surface area contributed by atoms with Gasteiger partial charge in [-0.15, -0.1) is 0 Å². The smallest absolute Gasteiger partial charge is 0.165 e. The van der Waals surface area contributed by atoms with Crippen LogP contribution < -0.4 is 11.5 Å². The first kappa shape index (κ1) is 25.5. The third-order valence-electron chi connectivity index (χ3n) is 9.76. The maximum atomic E-state index is 10.5. The summed E-state index contributed by atoms with van der Waals surface area (Å²) >= 11 is 0. The molecule has 14 nitrogen and oxygen atoms in total. The van der Waals surface area contributed by atoms with Gasteiger partial charge >= 0.3 is 0 Å². The molecule has 212 valence electrons. The van der Waals surface area contributed by atoms with Crippen molar-refractivity contribution in [3.63, 3.8) is 0 Å². The average Bonchev–Trinajstić information content (AvgIpc) is 3.76. The molecule has 8 rings (SSSR count). The average molecular weight is 551 g/mol. The standard InChI is InChI=1S/2C13H17N5O2/c14-12-10-13(16-4-15-12)18(5-17-10)7-3-6-1-2-8(19)9(6)11(7)20;14-12-10-13(16-4-15-12)18(5-17-10)11-8(20)3-6-1-2-7(19)9(6)11/h2*4-9,11,19-20H,1-3H2,(H2,14,15,16)/t6-,7-,8-,9+,11+;6-,7-,8+,9+,11-/m11/s1. The van der Waals surface area contributed by atoms with Crippen LogP contribution in [0, 0.1) is 23.7 Å². The van der Waals surface area contributed by atoms with Crippen molar-refractivity contribution in [1.82, 2.24) is 39.0 Å². The lowest BCUT2D eigenvalue weighted by Crippen LogP contribution is -2.30. The second-order valence-electron chi connectivity index (χ2n) is 11.7. The van der Waals surface area contributed by atoms with Crippen molar-refractivity contribution in [1.29, 1.82) is 0 Å². The molecule has 4 aliphatic rings. The molecule has 0 radical (unpaired) electrons. The summed E-state index contributed by atoms with van der Waals surface area (Å²) in [7, 11) is 0. The van der Waals surface area contributed by atoms with Crippen molar-refractivity contribution in [3.05, 3.63) is 25.3 Å². The van der Waals surface area contributed by atoms with Gasteiger partial charge in [-0.05, 0) is 50.4 Å². The Kier molecular flexibility index (Phi) is 6.11. The van der Waals surface area contributed by atoms with Gasteiger partial charge < -0.3 is 41.0 Å². The number of fused-ring (bicyclic) bond motifs is 4. The van der Waals surface area contributed by atoms with E-state index in [-0.39, 0.29) is 30.0 Å². The number of nitrogen functional groups attached to an aromatic ring is 2. The summed E-state index contributed by atoms with van der Waals surface area (Å²) in [6.45, 7) is 0. The molecule has 4 fully saturated rings. The predicted molar refractivity (Wildman–Crippen MR) is 143 cm³/mol. The Morgan fingerprint density at radius 1 is 0.625 bits per heavy atom. The highest BCUT2D eigenvalue weighted by molar-refractivity contribution is 5.81. The maximum Gasteiger partial charge on any atom is 0.165 e. The second kappa shape index (κ2) is 9.58. The van der Waals surface area contributed by atoms with Gasteiger partial charge in [0, 0.05) is 11.8 Å². The molecular formula is C26H34N10O4. The van der Waals surface area contributed by atoms with Crippen molar-refractivity contribution >= 4 is 34.0 Å². The Bertz CT molecular complexity index is 1540. The van der Waals surface area contributed by atoms with Gasteiger partial charge in [-0.3, -0.25) is 0 Å². The normalized spacial score (nSPS) is 36.6. The lowest BCUT2D eigenvalue weighted by molar-refractivity contribution is 0.0238. The quantitative estimate of drug-likeness (QED) is 0.197. The summed E-state index contributed by atoms with van der Waals surface area (Å²) in [6, 6.07) is -0.281. The van der Waals surface area contributed by atoms with Crippen LogP contribution in [0.4, 0.5) is 11.6 Å². The summed E-state index contributed by atoms with van der Waals surface area (Å²) < 4.78 is 3.74. The number of hydrogen-bond acceptors (Lipinski definition) is 12. The molecule has 0 spiro atoms. The van der Waals surface area contributed by atoms with Gasteiger partial charge in [0.15, 0.2) is 22.9 Å². The van der Waals surface area contributed by atoms with Crippen LogP contribution in [-0.4, -0.2) is 83.9 Å². The lowest BCUT2D eigenvalue weighted by atomic mass is 9.95. The van der Waals surface area contributed by atoms with Gasteiger partial charge in [0.2, 0.25) is 0 Å². The SMILES string of the molecule is Nc1ncnc2c1ncn2[C@@H]1C[C@H]2CC[C@@H](O)[C@H]2[C@H]1O.Nc1ncnc2c1ncn2[C@H]1[C@H]2[C@H](CC[C@H]2O)C[C@@H]1O. The molecule has 4 heterocycles. The molecule has 10 atom stereocenters. The molecule has 0 bridgehead atoms. The third kappa shape index (κ3) is 3.84. The molecule has 4 saturated carbocycles. The molecule has 8 N–H and O–H groups in total. The van der Waals surface area contributed by atoms with Crippen LogP contribution >= 0.6 is 0 Å². The Balaban J connectivity index is 0.000000132. The second-order valence-corrected chi connectivity index (χ2v) is 11.7. The number of imidazole rings is 2. The zero-order chi connectivity index (χ0) is 27.7. The number of nitrogens with two attached hydrogens (primary N) is 2. The summed E-state index contributed by atoms with van der Waals surface area (Å²) in [4.78, 5) is 24.8. The minimum atomic E-state index is -0.564. The van der Waals surface area contributed by atoms with Crippen LogP contribution in [0.15, 0.2) is 25.3 Å². The minimum absolute atomic E-state index is 0.0309. The van der Waals surface area contributed by atoms with Crippen LogP contribution in [0.5, 0.6) is 0 Å². The van der Waals surface area contributed by atoms with Crippen molar-refractivity contribution in [2.24, 2.45) is 23.7 Å². The van der Waals surface area contributed by atoms with Crippen LogP contribution in [0.25, 0.3) is 22.3 Å². The molecule has 4 aromatic rings. The lowest BCUT2D eigenvalue weighted by Gasteiger charge is -2.25. The van der Waals surface area contributed by atoms with Crippen molar-refractivity contribution in [2.75, 3.05) is 11.5 Å². The third-order valence-corrected chi connectivity index (χ3v) is 9.76. The highest BCUT2D eigenvalue weighted by Crippen LogP contribution is 2.51. The molecule has 0 aliphatic heterocycles. The molecule has 4 aliphatic carbocycles. The van der Waals surface area contributed by atoms with Gasteiger partial charge in [-0.25, -0.2) is 29.9 Å². The number of nitrogens with zero attached hydrogens (tertiary/aromatic N) is 8. The van der Waals surface area contributed by atoms with Gasteiger partial charge in [0.1, 0.15) is 23.7 Å². The Labute approximate surface area is 229 Å². The van der Waals surface area contributed by atoms with E-state index in [1.54, 1.807) is 12.7 Å². The Morgan fingerprint density at radius 2 is 1.18 bits per heavy atom. The van der Waals surface area contributed by atoms with E-state index in [1.165, 1.54) is 12.7 Å². The fraction of sp³-hybridized carbons (Fsp3) is 0.615. The topological polar surface area (TPSA) is 220 Å². The molecular weight excluding hydrogens is 516 g/mol. The first-order valence-electron chi connectivity index (χ1n) is 13.9. The van der Waals surface area contributed by atoms with E-state index in [1.807, 2.05) is 9.13 Å². The van der Waals surface area contributed by atoms with E-state index in [4.69, 9.17) is 11.5 Å². The minimum Gasteiger partial charge on any atom is -0.393 e. The summed E-state index contributed by atoms with van der Waals surface area (Å²) in [5.41, 5.74) is 14.0. The zero-order valence-electron chi connectivity index (χ0n) is 21.8. The van der Waals surface area contributed by atoms with Crippen molar-refractivity contribution in [3.8, 4) is 0 Å². The molecule has 0 saturated heterocycles. The van der Waals surface area contributed by atoms with Crippen LogP contribution in [0.1, 0.15) is 50.6 Å². The summed E-state index contributed by atoms with van der Waals surface area (Å²) in [5, 5.41) is 41.1. The number of anilines is 2. The first-order chi connectivity index (χ1) is 19.3. The van der Waals surface area contributed by atoms with Gasteiger partial charge in [0.05, 0.1) is 49.2 Å². The number of aliphatic hydroxyl groups excluding tert-OH is 4. The van der Waals surface area contributed by atoms with Crippen LogP contribution in [-0.2, 0) is 0 Å². The van der Waals surface area contributed by atoms with Crippen molar-refractivity contribution < 1.29 is 20.4 Å². The van der Waals surface area contributed by atoms with Gasteiger partial charge in [-0.1, -0.05) is 0 Å². The van der Waals surface area contributed by atoms with E-state index in [9.17, 15) is 20.4 Å². The molecule has 0 amide bonds. The summed E-state index contributed by atoms with van der Waals surface area (Å²) in [6.07, 6.45) is 9.45. The molecule has 14 heteroatoms. The van der Waals surface area contributed by atoms with E-state index in [2.05, 4.69) is 29.9 Å². The number of aliphatic hydroxyl groups is 4. The summed E-state index contributed by atoms with van der Waals surface area (Å²) in [5.74, 6) is 1.48. The number of rotatable bonds is 2. The molecule has 0 unspecified atom stereocenters. The first-order valence-corrected chi connectivity index (χ1v) is 13.9. The maximum absolute atomic E-state index is 10.5. The van der Waals surface area contributed by atoms with E-state index in [0.29, 0.717) is 45.8 Å². The monoisotopic (exact) mass is 550 g/mol. The van der Waals surface area contributed by atoms with Crippen molar-refractivity contribution in [2.45, 2.75) is 75.0 Å². The largest absolute Gasteiger partial charge is 0.393 e. The fourth-order valence-corrected chi connectivity index (χ4v) is 7.99. The van der Waals surface area contributed by atoms with E-state index >= 15 is 0 Å². The highest BCUT2D eigenvalue weighted by atomic mass is 16.3. The van der Waals surface area contributed by atoms with Gasteiger partial charge in [-0.2, -0.15) is 0 Å². The predicted octanol–water partition coefficient (Wildman–Crippen LogP) is 0.203. The number of aromatic nitrogens is 8. The van der Waals surface area contributed by atoms with Crippen LogP contribution in [0.2, 0.25) is 0 Å².